The predicted molar refractivity (Wildman–Crippen MR) is 75.1 cm³/mol. The van der Waals surface area contributed by atoms with E-state index in [2.05, 4.69) is 20.6 Å². The molecule has 1 aromatic heterocycles. The number of nitrogen functional groups attached to an aromatic ring is 1. The number of hydrogen-bond donors (Lipinski definition) is 3. The number of likely N-dealkylation sites (tertiary alicyclic amines) is 1. The van der Waals surface area contributed by atoms with E-state index in [0.29, 0.717) is 22.9 Å². The van der Waals surface area contributed by atoms with E-state index in [-0.39, 0.29) is 5.91 Å². The van der Waals surface area contributed by atoms with Gasteiger partial charge >= 0.3 is 0 Å². The van der Waals surface area contributed by atoms with Gasteiger partial charge in [0.25, 0.3) is 5.91 Å². The number of nitrogens with two attached hydrogens (primary N) is 1. The first-order valence-electron chi connectivity index (χ1n) is 6.33. The molecule has 0 aromatic carbocycles. The highest BCUT2D eigenvalue weighted by Gasteiger charge is 2.12. The monoisotopic (exact) mass is 283 g/mol. The summed E-state index contributed by atoms with van der Waals surface area (Å²) in [5.41, 5.74) is 2.80. The molecule has 0 saturated carbocycles. The standard InChI is InChI=1S/C12H18ClN5O/c13-10-7-9(8-16-11(10)17-14)12(19)15-3-6-18-4-1-2-5-18/h7-8H,1-6,14H2,(H,15,19)(H,16,17). The van der Waals surface area contributed by atoms with Gasteiger partial charge in [0, 0.05) is 19.3 Å². The summed E-state index contributed by atoms with van der Waals surface area (Å²) in [6.07, 6.45) is 3.95. The molecule has 0 spiro atoms. The molecular formula is C12H18ClN5O. The number of rotatable bonds is 5. The predicted octanol–water partition coefficient (Wildman–Crippen LogP) is 0.846. The second kappa shape index (κ2) is 6.70. The molecule has 1 saturated heterocycles. The Labute approximate surface area is 117 Å². The summed E-state index contributed by atoms with van der Waals surface area (Å²) in [5.74, 6) is 5.41. The van der Waals surface area contributed by atoms with Gasteiger partial charge in [-0.2, -0.15) is 0 Å². The van der Waals surface area contributed by atoms with Crippen molar-refractivity contribution >= 4 is 23.3 Å². The van der Waals surface area contributed by atoms with Crippen molar-refractivity contribution in [3.05, 3.63) is 22.8 Å². The normalized spacial score (nSPS) is 15.5. The van der Waals surface area contributed by atoms with E-state index >= 15 is 0 Å². The van der Waals surface area contributed by atoms with Crippen LogP contribution in [0.15, 0.2) is 12.3 Å². The third-order valence-electron chi connectivity index (χ3n) is 3.15. The average Bonchev–Trinajstić information content (AvgIpc) is 2.91. The number of carbonyl (C=O) groups is 1. The molecule has 0 atom stereocenters. The lowest BCUT2D eigenvalue weighted by molar-refractivity contribution is 0.0949. The average molecular weight is 284 g/mol. The minimum atomic E-state index is -0.169. The molecule has 7 heteroatoms. The second-order valence-corrected chi connectivity index (χ2v) is 4.91. The second-order valence-electron chi connectivity index (χ2n) is 4.50. The van der Waals surface area contributed by atoms with Crippen LogP contribution >= 0.6 is 11.6 Å². The van der Waals surface area contributed by atoms with E-state index in [1.54, 1.807) is 6.07 Å². The summed E-state index contributed by atoms with van der Waals surface area (Å²) < 4.78 is 0. The van der Waals surface area contributed by atoms with E-state index in [9.17, 15) is 4.79 Å². The minimum absolute atomic E-state index is 0.169. The maximum absolute atomic E-state index is 11.9. The van der Waals surface area contributed by atoms with Gasteiger partial charge in [-0.05, 0) is 32.0 Å². The molecule has 0 bridgehead atoms. The maximum Gasteiger partial charge on any atom is 0.252 e. The first-order chi connectivity index (χ1) is 9.20. The van der Waals surface area contributed by atoms with Gasteiger partial charge in [-0.15, -0.1) is 0 Å². The number of nitrogens with one attached hydrogen (secondary N) is 2. The lowest BCUT2D eigenvalue weighted by atomic mass is 10.2. The number of halogens is 1. The Morgan fingerprint density at radius 3 is 2.84 bits per heavy atom. The molecule has 0 radical (unpaired) electrons. The topological polar surface area (TPSA) is 83.3 Å². The maximum atomic E-state index is 11.9. The van der Waals surface area contributed by atoms with E-state index in [1.807, 2.05) is 0 Å². The van der Waals surface area contributed by atoms with Gasteiger partial charge in [0.05, 0.1) is 10.6 Å². The van der Waals surface area contributed by atoms with Crippen LogP contribution in [-0.4, -0.2) is 42.0 Å². The van der Waals surface area contributed by atoms with E-state index in [1.165, 1.54) is 19.0 Å². The Bertz CT molecular complexity index is 448. The van der Waals surface area contributed by atoms with Gasteiger partial charge in [-0.3, -0.25) is 4.79 Å². The highest BCUT2D eigenvalue weighted by Crippen LogP contribution is 2.18. The van der Waals surface area contributed by atoms with E-state index in [0.717, 1.165) is 19.6 Å². The van der Waals surface area contributed by atoms with Crippen molar-refractivity contribution in [1.29, 1.82) is 0 Å². The fourth-order valence-electron chi connectivity index (χ4n) is 2.10. The van der Waals surface area contributed by atoms with E-state index < -0.39 is 0 Å². The fraction of sp³-hybridized carbons (Fsp3) is 0.500. The molecule has 2 heterocycles. The summed E-state index contributed by atoms with van der Waals surface area (Å²) in [4.78, 5) is 18.2. The Morgan fingerprint density at radius 2 is 2.21 bits per heavy atom. The molecule has 1 fully saturated rings. The minimum Gasteiger partial charge on any atom is -0.351 e. The van der Waals surface area contributed by atoms with Crippen LogP contribution in [0.5, 0.6) is 0 Å². The largest absolute Gasteiger partial charge is 0.351 e. The van der Waals surface area contributed by atoms with Crippen molar-refractivity contribution < 1.29 is 4.79 Å². The summed E-state index contributed by atoms with van der Waals surface area (Å²) in [6, 6.07) is 1.55. The van der Waals surface area contributed by atoms with Crippen molar-refractivity contribution in [2.75, 3.05) is 31.6 Å². The van der Waals surface area contributed by atoms with Crippen LogP contribution < -0.4 is 16.6 Å². The number of hydrogen-bond acceptors (Lipinski definition) is 5. The Hall–Kier alpha value is -1.37. The summed E-state index contributed by atoms with van der Waals surface area (Å²) in [5, 5.41) is 3.19. The lowest BCUT2D eigenvalue weighted by Crippen LogP contribution is -2.33. The number of carbonyl (C=O) groups excluding carboxylic acids is 1. The lowest BCUT2D eigenvalue weighted by Gasteiger charge is -2.14. The summed E-state index contributed by atoms with van der Waals surface area (Å²) in [6.45, 7) is 3.77. The van der Waals surface area contributed by atoms with Crippen molar-refractivity contribution in [3.8, 4) is 0 Å². The summed E-state index contributed by atoms with van der Waals surface area (Å²) in [7, 11) is 0. The zero-order valence-electron chi connectivity index (χ0n) is 10.7. The van der Waals surface area contributed by atoms with Crippen LogP contribution in [-0.2, 0) is 0 Å². The van der Waals surface area contributed by atoms with Crippen LogP contribution in [0.1, 0.15) is 23.2 Å². The van der Waals surface area contributed by atoms with Crippen LogP contribution in [0.2, 0.25) is 5.02 Å². The molecular weight excluding hydrogens is 266 g/mol. The number of amides is 1. The molecule has 0 unspecified atom stereocenters. The van der Waals surface area contributed by atoms with Gasteiger partial charge in [0.15, 0.2) is 5.82 Å². The third kappa shape index (κ3) is 3.79. The first kappa shape index (κ1) is 14.0. The number of aromatic nitrogens is 1. The highest BCUT2D eigenvalue weighted by molar-refractivity contribution is 6.33. The van der Waals surface area contributed by atoms with Crippen LogP contribution in [0.3, 0.4) is 0 Å². The van der Waals surface area contributed by atoms with Gasteiger partial charge in [0.1, 0.15) is 0 Å². The van der Waals surface area contributed by atoms with Gasteiger partial charge in [-0.25, -0.2) is 10.8 Å². The Morgan fingerprint density at radius 1 is 1.47 bits per heavy atom. The molecule has 104 valence electrons. The number of anilines is 1. The molecule has 1 amide bonds. The molecule has 0 aliphatic carbocycles. The van der Waals surface area contributed by atoms with E-state index in [4.69, 9.17) is 17.4 Å². The zero-order chi connectivity index (χ0) is 13.7. The van der Waals surface area contributed by atoms with Crippen molar-refractivity contribution in [3.63, 3.8) is 0 Å². The quantitative estimate of drug-likeness (QED) is 0.551. The van der Waals surface area contributed by atoms with Crippen LogP contribution in [0, 0.1) is 0 Å². The van der Waals surface area contributed by atoms with Crippen molar-refractivity contribution in [2.45, 2.75) is 12.8 Å². The molecule has 1 aliphatic rings. The SMILES string of the molecule is NNc1ncc(C(=O)NCCN2CCCC2)cc1Cl. The molecule has 2 rings (SSSR count). The van der Waals surface area contributed by atoms with Gasteiger partial charge in [0.2, 0.25) is 0 Å². The molecule has 6 nitrogen and oxygen atoms in total. The van der Waals surface area contributed by atoms with Crippen molar-refractivity contribution in [1.82, 2.24) is 15.2 Å². The van der Waals surface area contributed by atoms with Crippen molar-refractivity contribution in [2.24, 2.45) is 5.84 Å². The fourth-order valence-corrected chi connectivity index (χ4v) is 2.33. The molecule has 19 heavy (non-hydrogen) atoms. The van der Waals surface area contributed by atoms with Crippen LogP contribution in [0.25, 0.3) is 0 Å². The summed E-state index contributed by atoms with van der Waals surface area (Å²) >= 11 is 5.92. The van der Waals surface area contributed by atoms with Crippen LogP contribution in [0.4, 0.5) is 5.82 Å². The Balaban J connectivity index is 1.83. The smallest absolute Gasteiger partial charge is 0.252 e. The van der Waals surface area contributed by atoms with Gasteiger partial charge < -0.3 is 15.6 Å². The molecule has 4 N–H and O–H groups in total. The Kier molecular flexibility index (Phi) is 4.95. The first-order valence-corrected chi connectivity index (χ1v) is 6.71. The third-order valence-corrected chi connectivity index (χ3v) is 3.44. The molecule has 1 aromatic rings. The number of nitrogens with zero attached hydrogens (tertiary/aromatic N) is 2. The number of pyridine rings is 1. The highest BCUT2D eigenvalue weighted by atomic mass is 35.5. The number of hydrazine groups is 1. The molecule has 1 aliphatic heterocycles. The van der Waals surface area contributed by atoms with Gasteiger partial charge in [-0.1, -0.05) is 11.6 Å². The zero-order valence-corrected chi connectivity index (χ0v) is 11.4.